The zero-order valence-electron chi connectivity index (χ0n) is 13.1. The molecule has 1 fully saturated rings. The molecule has 0 bridgehead atoms. The smallest absolute Gasteiger partial charge is 0.264 e. The zero-order chi connectivity index (χ0) is 15.5. The third-order valence-corrected chi connectivity index (χ3v) is 4.94. The Balaban J connectivity index is 2.18. The molecular weight excluding hydrogens is 286 g/mol. The molecule has 0 saturated carbocycles. The molecular formula is C16H25NO3S. The van der Waals surface area contributed by atoms with Crippen LogP contribution >= 0.6 is 0 Å². The topological polar surface area (TPSA) is 46.6 Å². The van der Waals surface area contributed by atoms with Gasteiger partial charge in [-0.1, -0.05) is 36.8 Å². The van der Waals surface area contributed by atoms with E-state index in [9.17, 15) is 8.42 Å². The summed E-state index contributed by atoms with van der Waals surface area (Å²) in [4.78, 5) is 2.39. The van der Waals surface area contributed by atoms with Crippen LogP contribution in [0.4, 0.5) is 0 Å². The van der Waals surface area contributed by atoms with E-state index in [4.69, 9.17) is 4.18 Å². The van der Waals surface area contributed by atoms with Crippen LogP contribution in [0.25, 0.3) is 0 Å². The Kier molecular flexibility index (Phi) is 5.07. The van der Waals surface area contributed by atoms with E-state index in [1.54, 1.807) is 0 Å². The van der Waals surface area contributed by atoms with Gasteiger partial charge in [-0.15, -0.1) is 0 Å². The average molecular weight is 311 g/mol. The van der Waals surface area contributed by atoms with E-state index in [2.05, 4.69) is 30.9 Å². The highest BCUT2D eigenvalue weighted by Gasteiger charge is 2.38. The first kappa shape index (κ1) is 16.5. The Labute approximate surface area is 128 Å². The predicted octanol–water partition coefficient (Wildman–Crippen LogP) is 2.97. The molecule has 1 aliphatic heterocycles. The van der Waals surface area contributed by atoms with Crippen LogP contribution in [0.5, 0.6) is 0 Å². The highest BCUT2D eigenvalue weighted by molar-refractivity contribution is 7.85. The minimum absolute atomic E-state index is 0.225. The number of hydrogen-bond acceptors (Lipinski definition) is 4. The summed E-state index contributed by atoms with van der Waals surface area (Å²) >= 11 is 0. The lowest BCUT2D eigenvalue weighted by atomic mass is 9.86. The Bertz CT molecular complexity index is 558. The van der Waals surface area contributed by atoms with Crippen LogP contribution in [0.15, 0.2) is 30.3 Å². The molecule has 0 N–H and O–H groups in total. The summed E-state index contributed by atoms with van der Waals surface area (Å²) in [5.74, 6) is 0. The third-order valence-electron chi connectivity index (χ3n) is 4.39. The number of nitrogens with zero attached hydrogens (tertiary/aromatic N) is 1. The monoisotopic (exact) mass is 311 g/mol. The molecule has 0 amide bonds. The molecule has 0 aliphatic carbocycles. The molecule has 0 spiro atoms. The van der Waals surface area contributed by atoms with E-state index in [0.29, 0.717) is 0 Å². The van der Waals surface area contributed by atoms with Crippen LogP contribution in [0.3, 0.4) is 0 Å². The van der Waals surface area contributed by atoms with Gasteiger partial charge in [-0.25, -0.2) is 0 Å². The summed E-state index contributed by atoms with van der Waals surface area (Å²) in [6, 6.07) is 10.6. The lowest BCUT2D eigenvalue weighted by molar-refractivity contribution is -0.00563. The quantitative estimate of drug-likeness (QED) is 0.784. The summed E-state index contributed by atoms with van der Waals surface area (Å²) < 4.78 is 27.8. The Morgan fingerprint density at radius 1 is 1.29 bits per heavy atom. The molecule has 1 aromatic rings. The molecule has 2 rings (SSSR count). The van der Waals surface area contributed by atoms with Gasteiger partial charge in [0.15, 0.2) is 0 Å². The summed E-state index contributed by atoms with van der Waals surface area (Å²) in [6.07, 6.45) is 4.33. The standard InChI is InChI=1S/C16H25NO3S/c1-14(15-9-5-4-6-10-15)17-12-8-7-11-16(17,2)13-20-21(3,18)19/h4-6,9-10,14H,7-8,11-13H2,1-3H3/t14?,16-/m1/s1. The summed E-state index contributed by atoms with van der Waals surface area (Å²) in [6.45, 7) is 5.48. The molecule has 21 heavy (non-hydrogen) atoms. The van der Waals surface area contributed by atoms with Crippen molar-refractivity contribution >= 4 is 10.1 Å². The maximum absolute atomic E-state index is 11.3. The van der Waals surface area contributed by atoms with Gasteiger partial charge in [0.25, 0.3) is 10.1 Å². The first-order chi connectivity index (χ1) is 9.82. The van der Waals surface area contributed by atoms with Crippen LogP contribution in [-0.2, 0) is 14.3 Å². The van der Waals surface area contributed by atoms with Crippen molar-refractivity contribution in [1.82, 2.24) is 4.90 Å². The van der Waals surface area contributed by atoms with Crippen molar-refractivity contribution in [3.63, 3.8) is 0 Å². The summed E-state index contributed by atoms with van der Waals surface area (Å²) in [7, 11) is -3.40. The second kappa shape index (κ2) is 6.46. The van der Waals surface area contributed by atoms with Crippen molar-refractivity contribution in [2.45, 2.75) is 44.7 Å². The summed E-state index contributed by atoms with van der Waals surface area (Å²) in [5.41, 5.74) is 1.02. The van der Waals surface area contributed by atoms with Crippen molar-refractivity contribution in [2.75, 3.05) is 19.4 Å². The lowest BCUT2D eigenvalue weighted by Crippen LogP contribution is -2.53. The highest BCUT2D eigenvalue weighted by Crippen LogP contribution is 2.35. The van der Waals surface area contributed by atoms with E-state index in [0.717, 1.165) is 32.1 Å². The Morgan fingerprint density at radius 2 is 1.95 bits per heavy atom. The molecule has 1 aromatic carbocycles. The number of rotatable bonds is 5. The van der Waals surface area contributed by atoms with Crippen molar-refractivity contribution < 1.29 is 12.6 Å². The Morgan fingerprint density at radius 3 is 2.57 bits per heavy atom. The number of benzene rings is 1. The largest absolute Gasteiger partial charge is 0.289 e. The van der Waals surface area contributed by atoms with Gasteiger partial charge in [-0.3, -0.25) is 9.08 Å². The van der Waals surface area contributed by atoms with Crippen LogP contribution in [0.2, 0.25) is 0 Å². The van der Waals surface area contributed by atoms with Gasteiger partial charge in [-0.05, 0) is 38.8 Å². The average Bonchev–Trinajstić information content (AvgIpc) is 2.45. The van der Waals surface area contributed by atoms with Gasteiger partial charge >= 0.3 is 0 Å². The highest BCUT2D eigenvalue weighted by atomic mass is 32.2. The number of likely N-dealkylation sites (tertiary alicyclic amines) is 1. The fourth-order valence-corrected chi connectivity index (χ4v) is 3.63. The minimum atomic E-state index is -3.40. The van der Waals surface area contributed by atoms with Crippen LogP contribution in [-0.4, -0.2) is 38.3 Å². The van der Waals surface area contributed by atoms with Crippen LogP contribution in [0, 0.1) is 0 Å². The second-order valence-corrected chi connectivity index (χ2v) is 7.84. The SMILES string of the molecule is CC(c1ccccc1)N1CCCC[C@]1(C)COS(C)(=O)=O. The van der Waals surface area contributed by atoms with E-state index < -0.39 is 10.1 Å². The van der Waals surface area contributed by atoms with E-state index in [-0.39, 0.29) is 18.2 Å². The van der Waals surface area contributed by atoms with Gasteiger partial charge < -0.3 is 0 Å². The fourth-order valence-electron chi connectivity index (χ4n) is 3.16. The van der Waals surface area contributed by atoms with Crippen LogP contribution < -0.4 is 0 Å². The minimum Gasteiger partial charge on any atom is -0.289 e. The molecule has 5 heteroatoms. The Hall–Kier alpha value is -0.910. The zero-order valence-corrected chi connectivity index (χ0v) is 13.9. The first-order valence-electron chi connectivity index (χ1n) is 7.48. The maximum Gasteiger partial charge on any atom is 0.264 e. The third kappa shape index (κ3) is 4.28. The second-order valence-electron chi connectivity index (χ2n) is 6.20. The molecule has 0 aromatic heterocycles. The molecule has 1 aliphatic rings. The van der Waals surface area contributed by atoms with Crippen molar-refractivity contribution in [3.05, 3.63) is 35.9 Å². The molecule has 1 heterocycles. The van der Waals surface area contributed by atoms with Crippen molar-refractivity contribution in [1.29, 1.82) is 0 Å². The molecule has 0 radical (unpaired) electrons. The summed E-state index contributed by atoms with van der Waals surface area (Å²) in [5, 5.41) is 0. The number of hydrogen-bond donors (Lipinski definition) is 0. The lowest BCUT2D eigenvalue weighted by Gasteiger charge is -2.47. The van der Waals surface area contributed by atoms with Crippen molar-refractivity contribution in [3.8, 4) is 0 Å². The maximum atomic E-state index is 11.3. The van der Waals surface area contributed by atoms with E-state index in [1.807, 2.05) is 18.2 Å². The molecule has 1 unspecified atom stereocenters. The normalized spacial score (nSPS) is 25.7. The van der Waals surface area contributed by atoms with E-state index in [1.165, 1.54) is 5.56 Å². The fraction of sp³-hybridized carbons (Fsp3) is 0.625. The van der Waals surface area contributed by atoms with E-state index >= 15 is 0 Å². The molecule has 1 saturated heterocycles. The molecule has 2 atom stereocenters. The van der Waals surface area contributed by atoms with Gasteiger partial charge in [0.1, 0.15) is 0 Å². The van der Waals surface area contributed by atoms with Gasteiger partial charge in [0.05, 0.1) is 12.9 Å². The number of piperidine rings is 1. The molecule has 118 valence electrons. The van der Waals surface area contributed by atoms with Crippen molar-refractivity contribution in [2.24, 2.45) is 0 Å². The first-order valence-corrected chi connectivity index (χ1v) is 9.30. The molecule has 4 nitrogen and oxygen atoms in total. The van der Waals surface area contributed by atoms with Gasteiger partial charge in [-0.2, -0.15) is 8.42 Å². The van der Waals surface area contributed by atoms with Gasteiger partial charge in [0, 0.05) is 11.6 Å². The van der Waals surface area contributed by atoms with Crippen LogP contribution in [0.1, 0.15) is 44.7 Å². The predicted molar refractivity (Wildman–Crippen MR) is 84.6 cm³/mol. The van der Waals surface area contributed by atoms with Gasteiger partial charge in [0.2, 0.25) is 0 Å².